The molecular weight excluding hydrogens is 672 g/mol. The fourth-order valence-corrected chi connectivity index (χ4v) is 6.70. The molecule has 268 valence electrons. The van der Waals surface area contributed by atoms with Crippen molar-refractivity contribution in [3.05, 3.63) is 100 Å². The minimum absolute atomic E-state index is 0.0318. The maximum Gasteiger partial charge on any atom is 0.228 e. The number of aliphatic hydroxyl groups is 5. The first-order valence-corrected chi connectivity index (χ1v) is 15.8. The maximum atomic E-state index is 12.0. The molecule has 3 aliphatic rings. The van der Waals surface area contributed by atoms with Gasteiger partial charge in [-0.05, 0) is 35.9 Å². The van der Waals surface area contributed by atoms with Crippen LogP contribution in [0.3, 0.4) is 0 Å². The van der Waals surface area contributed by atoms with Crippen LogP contribution in [0, 0.1) is 0 Å². The van der Waals surface area contributed by atoms with Gasteiger partial charge in [-0.2, -0.15) is 0 Å². The molecule has 11 N–H and O–H groups in total. The van der Waals surface area contributed by atoms with Crippen molar-refractivity contribution in [2.24, 2.45) is 0 Å². The summed E-state index contributed by atoms with van der Waals surface area (Å²) in [6, 6.07) is 14.7. The van der Waals surface area contributed by atoms with Crippen LogP contribution in [0.2, 0.25) is 0 Å². The largest absolute Gasteiger partial charge is 0.508 e. The Morgan fingerprint density at radius 2 is 1.24 bits per heavy atom. The van der Waals surface area contributed by atoms with E-state index in [1.165, 1.54) is 60.7 Å². The van der Waals surface area contributed by atoms with E-state index in [0.717, 1.165) is 12.1 Å². The van der Waals surface area contributed by atoms with Gasteiger partial charge in [0.1, 0.15) is 82.3 Å². The van der Waals surface area contributed by atoms with Crippen LogP contribution in [0.25, 0.3) is 6.08 Å². The lowest BCUT2D eigenvalue weighted by molar-refractivity contribution is -0.293. The molecule has 4 aromatic carbocycles. The second-order valence-corrected chi connectivity index (χ2v) is 12.5. The monoisotopic (exact) mass is 706 g/mol. The molecule has 51 heavy (non-hydrogen) atoms. The first kappa shape index (κ1) is 34.0. The zero-order valence-electron chi connectivity index (χ0n) is 26.4. The van der Waals surface area contributed by atoms with Crippen molar-refractivity contribution in [1.82, 2.24) is 0 Å². The van der Waals surface area contributed by atoms with Crippen molar-refractivity contribution in [2.45, 2.75) is 54.9 Å². The number of rotatable bonds is 6. The van der Waals surface area contributed by atoms with Crippen molar-refractivity contribution >= 4 is 6.08 Å². The van der Waals surface area contributed by atoms with E-state index in [2.05, 4.69) is 0 Å². The molecule has 3 heterocycles. The number of ether oxygens (including phenoxy) is 4. The van der Waals surface area contributed by atoms with Crippen LogP contribution >= 0.6 is 0 Å². The molecule has 0 amide bonds. The van der Waals surface area contributed by atoms with Crippen molar-refractivity contribution in [2.75, 3.05) is 6.61 Å². The summed E-state index contributed by atoms with van der Waals surface area (Å²) < 4.78 is 24.1. The van der Waals surface area contributed by atoms with E-state index in [4.69, 9.17) is 18.9 Å². The molecule has 3 aliphatic heterocycles. The Morgan fingerprint density at radius 1 is 0.608 bits per heavy atom. The normalized spacial score (nSPS) is 28.4. The fourth-order valence-electron chi connectivity index (χ4n) is 6.70. The molecule has 4 aromatic rings. The van der Waals surface area contributed by atoms with Gasteiger partial charge in [-0.3, -0.25) is 0 Å². The number of phenolic OH excluding ortho intramolecular Hbond substituents is 6. The number of aliphatic hydroxyl groups excluding tert-OH is 5. The van der Waals surface area contributed by atoms with Gasteiger partial charge in [0.2, 0.25) is 6.29 Å². The quantitative estimate of drug-likeness (QED) is 0.137. The molecule has 0 spiro atoms. The van der Waals surface area contributed by atoms with Gasteiger partial charge in [0.15, 0.2) is 12.2 Å². The zero-order chi connectivity index (χ0) is 36.3. The van der Waals surface area contributed by atoms with Crippen molar-refractivity contribution < 1.29 is 75.1 Å². The van der Waals surface area contributed by atoms with Crippen LogP contribution in [-0.4, -0.2) is 99.6 Å². The summed E-state index contributed by atoms with van der Waals surface area (Å²) in [6.45, 7) is -0.724. The maximum absolute atomic E-state index is 12.0. The minimum Gasteiger partial charge on any atom is -0.508 e. The van der Waals surface area contributed by atoms with Crippen molar-refractivity contribution in [3.63, 3.8) is 0 Å². The number of aromatic hydroxyl groups is 6. The Balaban J connectivity index is 1.40. The topological polar surface area (TPSA) is 259 Å². The first-order chi connectivity index (χ1) is 24.4. The predicted octanol–water partition coefficient (Wildman–Crippen LogP) is 1.84. The Labute approximate surface area is 288 Å². The SMILES string of the molecule is OC[C@H]1O[C@@H](OC2=Cc3c(O)cc(O)c([C@@H]4c5c(O)cc(O)cc5O[C@H](c5ccc(O)cc5)[C@H]4O)c3OC2c2ccc(O)cc2)[C@H](O)[C@@H](O)[C@@H]1O. The highest BCUT2D eigenvalue weighted by Crippen LogP contribution is 2.57. The third-order valence-corrected chi connectivity index (χ3v) is 9.25. The fraction of sp³-hybridized carbons (Fsp3) is 0.278. The van der Waals surface area contributed by atoms with Gasteiger partial charge >= 0.3 is 0 Å². The number of hydrogen-bond acceptors (Lipinski definition) is 15. The standard InChI is InChI=1S/C36H34O15/c37-13-25-29(44)31(46)32(47)36(50-25)49-24-11-19-20(41)12-22(43)27(35(19)51-33(24)14-1-5-16(38)6-2-14)28-26-21(42)9-18(40)10-23(26)48-34(30(28)45)15-3-7-17(39)8-4-15/h1-12,25,28-34,36-47H,13H2/t25-,28+,29-,30+,31+,32-,33?,34-,36-/m1/s1. The Bertz CT molecular complexity index is 1960. The van der Waals surface area contributed by atoms with E-state index in [1.54, 1.807) is 0 Å². The molecule has 0 bridgehead atoms. The van der Waals surface area contributed by atoms with E-state index < -0.39 is 78.8 Å². The van der Waals surface area contributed by atoms with Gasteiger partial charge < -0.3 is 75.1 Å². The third-order valence-electron chi connectivity index (χ3n) is 9.25. The van der Waals surface area contributed by atoms with Crippen LogP contribution in [0.5, 0.6) is 46.0 Å². The van der Waals surface area contributed by atoms with Gasteiger partial charge in [0.25, 0.3) is 0 Å². The zero-order valence-corrected chi connectivity index (χ0v) is 26.4. The Kier molecular flexibility index (Phi) is 8.71. The lowest BCUT2D eigenvalue weighted by Crippen LogP contribution is -2.59. The summed E-state index contributed by atoms with van der Waals surface area (Å²) in [7, 11) is 0. The van der Waals surface area contributed by atoms with Crippen molar-refractivity contribution in [1.29, 1.82) is 0 Å². The second-order valence-electron chi connectivity index (χ2n) is 12.5. The van der Waals surface area contributed by atoms with Gasteiger partial charge in [-0.25, -0.2) is 0 Å². The van der Waals surface area contributed by atoms with Gasteiger partial charge in [0.05, 0.1) is 18.1 Å². The third kappa shape index (κ3) is 5.95. The molecule has 1 fully saturated rings. The Hall–Kier alpha value is -5.42. The van der Waals surface area contributed by atoms with Crippen LogP contribution in [0.1, 0.15) is 45.9 Å². The molecule has 15 nitrogen and oxygen atoms in total. The highest BCUT2D eigenvalue weighted by Gasteiger charge is 2.48. The average Bonchev–Trinajstić information content (AvgIpc) is 3.10. The van der Waals surface area contributed by atoms with E-state index in [-0.39, 0.29) is 51.2 Å². The van der Waals surface area contributed by atoms with Crippen LogP contribution in [0.4, 0.5) is 0 Å². The van der Waals surface area contributed by atoms with E-state index in [1.807, 2.05) is 0 Å². The van der Waals surface area contributed by atoms with Gasteiger partial charge in [-0.1, -0.05) is 24.3 Å². The van der Waals surface area contributed by atoms with E-state index in [0.29, 0.717) is 11.1 Å². The molecule has 0 aliphatic carbocycles. The molecule has 15 heteroatoms. The first-order valence-electron chi connectivity index (χ1n) is 15.8. The molecular formula is C36H34O15. The van der Waals surface area contributed by atoms with E-state index >= 15 is 0 Å². The summed E-state index contributed by atoms with van der Waals surface area (Å²) in [4.78, 5) is 0. The molecule has 0 saturated carbocycles. The van der Waals surface area contributed by atoms with E-state index in [9.17, 15) is 56.2 Å². The summed E-state index contributed by atoms with van der Waals surface area (Å²) in [6.07, 6.45) is -10.9. The molecule has 7 rings (SSSR count). The molecule has 1 unspecified atom stereocenters. The van der Waals surface area contributed by atoms with Gasteiger partial charge in [0, 0.05) is 34.9 Å². The molecule has 1 saturated heterocycles. The summed E-state index contributed by atoms with van der Waals surface area (Å²) >= 11 is 0. The second kappa shape index (κ2) is 13.0. The Morgan fingerprint density at radius 3 is 1.88 bits per heavy atom. The van der Waals surface area contributed by atoms with Crippen LogP contribution < -0.4 is 9.47 Å². The lowest BCUT2D eigenvalue weighted by Gasteiger charge is -2.41. The number of hydrogen-bond donors (Lipinski definition) is 11. The molecule has 0 radical (unpaired) electrons. The lowest BCUT2D eigenvalue weighted by atomic mass is 9.78. The predicted molar refractivity (Wildman–Crippen MR) is 173 cm³/mol. The van der Waals surface area contributed by atoms with Gasteiger partial charge in [-0.15, -0.1) is 0 Å². The number of phenols is 6. The molecule has 0 aromatic heterocycles. The highest BCUT2D eigenvalue weighted by atomic mass is 16.7. The number of benzene rings is 4. The number of fused-ring (bicyclic) bond motifs is 2. The van der Waals surface area contributed by atoms with Crippen molar-refractivity contribution in [3.8, 4) is 46.0 Å². The minimum atomic E-state index is -1.81. The van der Waals surface area contributed by atoms with Crippen LogP contribution in [-0.2, 0) is 9.47 Å². The summed E-state index contributed by atoms with van der Waals surface area (Å²) in [5.41, 5.74) is 0.499. The molecule has 9 atom stereocenters. The highest BCUT2D eigenvalue weighted by molar-refractivity contribution is 5.75. The summed E-state index contributed by atoms with van der Waals surface area (Å²) in [5.74, 6) is -3.76. The average molecular weight is 707 g/mol. The summed E-state index contributed by atoms with van der Waals surface area (Å²) in [5, 5.41) is 117. The van der Waals surface area contributed by atoms with Crippen LogP contribution in [0.15, 0.2) is 72.5 Å². The smallest absolute Gasteiger partial charge is 0.228 e.